The molecule has 3 aliphatic rings. The molecule has 0 saturated carbocycles. The van der Waals surface area contributed by atoms with E-state index in [0.29, 0.717) is 15.8 Å². The van der Waals surface area contributed by atoms with Gasteiger partial charge in [-0.15, -0.1) is 0 Å². The van der Waals surface area contributed by atoms with Gasteiger partial charge in [0.2, 0.25) is 17.7 Å². The van der Waals surface area contributed by atoms with Crippen molar-refractivity contribution in [2.24, 2.45) is 17.8 Å². The van der Waals surface area contributed by atoms with Gasteiger partial charge in [0.1, 0.15) is 5.54 Å². The van der Waals surface area contributed by atoms with Crippen LogP contribution in [0.5, 0.6) is 0 Å². The van der Waals surface area contributed by atoms with Gasteiger partial charge in [-0.1, -0.05) is 38.1 Å². The Balaban J connectivity index is 1.70. The fourth-order valence-corrected chi connectivity index (χ4v) is 5.96. The van der Waals surface area contributed by atoms with E-state index in [1.54, 1.807) is 6.07 Å². The fourth-order valence-electron chi connectivity index (χ4n) is 5.29. The molecule has 4 unspecified atom stereocenters. The summed E-state index contributed by atoms with van der Waals surface area (Å²) in [4.78, 5) is 42.0. The number of benzene rings is 2. The third-order valence-electron chi connectivity index (χ3n) is 6.62. The van der Waals surface area contributed by atoms with Gasteiger partial charge in [0.25, 0.3) is 0 Å². The van der Waals surface area contributed by atoms with Crippen LogP contribution in [0.1, 0.15) is 25.0 Å². The standard InChI is InChI=1S/C23H22BrN3O3/c1-11(2)19-17-18(23(26-19)13-6-4-5-7-15(13)25-22(23)30)21(29)27(20(17)28)16-9-8-12(3)10-14(16)24/h4-11,17-19,26H,1-3H3,(H,25,30). The summed E-state index contributed by atoms with van der Waals surface area (Å²) >= 11 is 3.51. The molecule has 2 aromatic carbocycles. The van der Waals surface area contributed by atoms with E-state index in [9.17, 15) is 14.4 Å². The number of anilines is 2. The molecule has 154 valence electrons. The number of nitrogens with one attached hydrogen (secondary N) is 2. The molecule has 0 bridgehead atoms. The summed E-state index contributed by atoms with van der Waals surface area (Å²) < 4.78 is 0.684. The maximum Gasteiger partial charge on any atom is 0.250 e. The summed E-state index contributed by atoms with van der Waals surface area (Å²) in [6.45, 7) is 5.97. The second-order valence-corrected chi connectivity index (χ2v) is 9.55. The molecule has 2 fully saturated rings. The molecule has 2 saturated heterocycles. The van der Waals surface area contributed by atoms with Crippen LogP contribution in [-0.2, 0) is 19.9 Å². The predicted molar refractivity (Wildman–Crippen MR) is 117 cm³/mol. The first-order chi connectivity index (χ1) is 14.3. The van der Waals surface area contributed by atoms with Crippen LogP contribution in [0.3, 0.4) is 0 Å². The molecule has 30 heavy (non-hydrogen) atoms. The molecule has 0 aliphatic carbocycles. The Morgan fingerprint density at radius 3 is 2.50 bits per heavy atom. The van der Waals surface area contributed by atoms with Crippen LogP contribution >= 0.6 is 15.9 Å². The van der Waals surface area contributed by atoms with Gasteiger partial charge in [-0.3, -0.25) is 19.7 Å². The van der Waals surface area contributed by atoms with Gasteiger partial charge in [-0.2, -0.15) is 0 Å². The Bertz CT molecular complexity index is 1110. The minimum atomic E-state index is -1.24. The predicted octanol–water partition coefficient (Wildman–Crippen LogP) is 3.34. The van der Waals surface area contributed by atoms with Crippen molar-refractivity contribution in [3.8, 4) is 0 Å². The first-order valence-corrected chi connectivity index (χ1v) is 10.9. The lowest BCUT2D eigenvalue weighted by Crippen LogP contribution is -2.54. The van der Waals surface area contributed by atoms with Crippen molar-refractivity contribution in [1.82, 2.24) is 5.32 Å². The van der Waals surface area contributed by atoms with Gasteiger partial charge < -0.3 is 5.32 Å². The van der Waals surface area contributed by atoms with Crippen LogP contribution in [0, 0.1) is 24.7 Å². The van der Waals surface area contributed by atoms with E-state index in [0.717, 1.165) is 11.1 Å². The second kappa shape index (κ2) is 6.49. The highest BCUT2D eigenvalue weighted by Gasteiger charge is 2.71. The lowest BCUT2D eigenvalue weighted by Gasteiger charge is -2.30. The molecule has 0 radical (unpaired) electrons. The molecule has 3 aliphatic heterocycles. The Morgan fingerprint density at radius 2 is 1.80 bits per heavy atom. The summed E-state index contributed by atoms with van der Waals surface area (Å²) in [5, 5.41) is 6.36. The molecule has 3 heterocycles. The Kier molecular flexibility index (Phi) is 4.21. The Morgan fingerprint density at radius 1 is 1.07 bits per heavy atom. The lowest BCUT2D eigenvalue weighted by atomic mass is 9.76. The summed E-state index contributed by atoms with van der Waals surface area (Å²) in [7, 11) is 0. The van der Waals surface area contributed by atoms with E-state index in [1.165, 1.54) is 4.90 Å². The van der Waals surface area contributed by atoms with Crippen molar-refractivity contribution in [1.29, 1.82) is 0 Å². The largest absolute Gasteiger partial charge is 0.324 e. The molecular weight excluding hydrogens is 446 g/mol. The monoisotopic (exact) mass is 467 g/mol. The number of hydrogen-bond acceptors (Lipinski definition) is 4. The number of hydrogen-bond donors (Lipinski definition) is 2. The first-order valence-electron chi connectivity index (χ1n) is 10.1. The number of nitrogens with zero attached hydrogens (tertiary/aromatic N) is 1. The number of aryl methyl sites for hydroxylation is 1. The van der Waals surface area contributed by atoms with Gasteiger partial charge in [0.05, 0.1) is 17.5 Å². The van der Waals surface area contributed by atoms with Crippen molar-refractivity contribution < 1.29 is 14.4 Å². The number of imide groups is 1. The first kappa shape index (κ1) is 19.5. The second-order valence-electron chi connectivity index (χ2n) is 8.69. The molecule has 4 atom stereocenters. The van der Waals surface area contributed by atoms with E-state index < -0.39 is 17.4 Å². The number of para-hydroxylation sites is 1. The SMILES string of the molecule is Cc1ccc(N2C(=O)C3C(C(C)C)NC4(C(=O)Nc5ccccc54)C3C2=O)c(Br)c1. The molecule has 5 rings (SSSR count). The summed E-state index contributed by atoms with van der Waals surface area (Å²) in [5.74, 6) is -2.20. The summed E-state index contributed by atoms with van der Waals surface area (Å²) in [5.41, 5.74) is 1.73. The zero-order valence-corrected chi connectivity index (χ0v) is 18.5. The van der Waals surface area contributed by atoms with Gasteiger partial charge >= 0.3 is 0 Å². The number of fused-ring (bicyclic) bond motifs is 4. The molecule has 3 amide bonds. The summed E-state index contributed by atoms with van der Waals surface area (Å²) in [6, 6.07) is 12.6. The molecule has 1 spiro atoms. The maximum atomic E-state index is 13.8. The average molecular weight is 468 g/mol. The Hall–Kier alpha value is -2.51. The number of carbonyl (C=O) groups excluding carboxylic acids is 3. The van der Waals surface area contributed by atoms with E-state index in [2.05, 4.69) is 26.6 Å². The van der Waals surface area contributed by atoms with E-state index in [1.807, 2.05) is 57.2 Å². The third kappa shape index (κ3) is 2.36. The van der Waals surface area contributed by atoms with E-state index in [4.69, 9.17) is 0 Å². The minimum absolute atomic E-state index is 0.0654. The van der Waals surface area contributed by atoms with E-state index in [-0.39, 0.29) is 29.7 Å². The van der Waals surface area contributed by atoms with Crippen molar-refractivity contribution in [3.63, 3.8) is 0 Å². The number of amides is 3. The quantitative estimate of drug-likeness (QED) is 0.663. The van der Waals surface area contributed by atoms with Crippen molar-refractivity contribution in [2.45, 2.75) is 32.4 Å². The highest BCUT2D eigenvalue weighted by molar-refractivity contribution is 9.10. The number of halogens is 1. The molecule has 7 heteroatoms. The third-order valence-corrected chi connectivity index (χ3v) is 7.25. The maximum absolute atomic E-state index is 13.8. The topological polar surface area (TPSA) is 78.5 Å². The van der Waals surface area contributed by atoms with Gasteiger partial charge in [-0.05, 0) is 52.5 Å². The van der Waals surface area contributed by atoms with Crippen LogP contribution in [0.15, 0.2) is 46.9 Å². The van der Waals surface area contributed by atoms with Crippen molar-refractivity contribution in [2.75, 3.05) is 10.2 Å². The van der Waals surface area contributed by atoms with Gasteiger partial charge in [0, 0.05) is 21.8 Å². The van der Waals surface area contributed by atoms with Crippen LogP contribution in [0.25, 0.3) is 0 Å². The molecular formula is C23H22BrN3O3. The fraction of sp³-hybridized carbons (Fsp3) is 0.348. The van der Waals surface area contributed by atoms with Crippen molar-refractivity contribution >= 4 is 45.0 Å². The number of carbonyl (C=O) groups is 3. The van der Waals surface area contributed by atoms with Crippen LogP contribution in [0.2, 0.25) is 0 Å². The molecule has 0 aromatic heterocycles. The van der Waals surface area contributed by atoms with Crippen molar-refractivity contribution in [3.05, 3.63) is 58.1 Å². The number of rotatable bonds is 2. The zero-order valence-electron chi connectivity index (χ0n) is 16.9. The highest BCUT2D eigenvalue weighted by Crippen LogP contribution is 2.54. The highest BCUT2D eigenvalue weighted by atomic mass is 79.9. The van der Waals surface area contributed by atoms with Gasteiger partial charge in [-0.25, -0.2) is 4.90 Å². The summed E-state index contributed by atoms with van der Waals surface area (Å²) in [6.07, 6.45) is 0. The minimum Gasteiger partial charge on any atom is -0.324 e. The van der Waals surface area contributed by atoms with Crippen LogP contribution in [-0.4, -0.2) is 23.8 Å². The smallest absolute Gasteiger partial charge is 0.250 e. The lowest BCUT2D eigenvalue weighted by molar-refractivity contribution is -0.130. The average Bonchev–Trinajstić information content (AvgIpc) is 3.28. The van der Waals surface area contributed by atoms with Crippen LogP contribution in [0.4, 0.5) is 11.4 Å². The molecule has 6 nitrogen and oxygen atoms in total. The van der Waals surface area contributed by atoms with Gasteiger partial charge in [0.15, 0.2) is 0 Å². The zero-order chi connectivity index (χ0) is 21.4. The van der Waals surface area contributed by atoms with Crippen LogP contribution < -0.4 is 15.5 Å². The molecule has 2 aromatic rings. The Labute approximate surface area is 183 Å². The normalized spacial score (nSPS) is 29.7. The molecule has 2 N–H and O–H groups in total. The van der Waals surface area contributed by atoms with E-state index >= 15 is 0 Å².